The fourth-order valence-corrected chi connectivity index (χ4v) is 4.81. The lowest BCUT2D eigenvalue weighted by molar-refractivity contribution is 0.139. The molecule has 0 aliphatic heterocycles. The van der Waals surface area contributed by atoms with E-state index in [-0.39, 0.29) is 0 Å². The highest BCUT2D eigenvalue weighted by Crippen LogP contribution is 2.40. The minimum atomic E-state index is 0.420. The molecule has 2 aliphatic rings. The Hall–Kier alpha value is -0.410. The third kappa shape index (κ3) is 3.19. The molecule has 2 aliphatic carbocycles. The monoisotopic (exact) mass is 278 g/mol. The van der Waals surface area contributed by atoms with E-state index in [9.17, 15) is 0 Å². The predicted molar refractivity (Wildman–Crippen MR) is 81.5 cm³/mol. The molecule has 2 nitrogen and oxygen atoms in total. The molecule has 4 atom stereocenters. The van der Waals surface area contributed by atoms with Gasteiger partial charge in [-0.1, -0.05) is 25.7 Å². The Kier molecular flexibility index (Phi) is 4.23. The summed E-state index contributed by atoms with van der Waals surface area (Å²) in [6.45, 7) is 4.41. The van der Waals surface area contributed by atoms with Gasteiger partial charge in [-0.3, -0.25) is 0 Å². The van der Waals surface area contributed by atoms with E-state index in [0.717, 1.165) is 17.9 Å². The molecular weight excluding hydrogens is 252 g/mol. The zero-order valence-corrected chi connectivity index (χ0v) is 13.0. The number of nitrogens with one attached hydrogen (secondary N) is 1. The van der Waals surface area contributed by atoms with Crippen LogP contribution in [0.1, 0.15) is 67.8 Å². The molecule has 3 heteroatoms. The summed E-state index contributed by atoms with van der Waals surface area (Å²) in [6.07, 6.45) is 12.1. The van der Waals surface area contributed by atoms with Gasteiger partial charge in [0.05, 0.1) is 6.04 Å². The van der Waals surface area contributed by atoms with Crippen LogP contribution in [0.5, 0.6) is 0 Å². The molecule has 2 fully saturated rings. The lowest BCUT2D eigenvalue weighted by Gasteiger charge is -2.40. The summed E-state index contributed by atoms with van der Waals surface area (Å²) < 4.78 is 0. The number of rotatable bonds is 3. The average Bonchev–Trinajstić information content (AvgIpc) is 2.85. The van der Waals surface area contributed by atoms with Gasteiger partial charge in [0.25, 0.3) is 0 Å². The number of aryl methyl sites for hydroxylation is 1. The van der Waals surface area contributed by atoms with Crippen molar-refractivity contribution in [2.24, 2.45) is 11.8 Å². The summed E-state index contributed by atoms with van der Waals surface area (Å²) >= 11 is 1.83. The maximum absolute atomic E-state index is 4.52. The first-order valence-corrected chi connectivity index (χ1v) is 8.72. The molecule has 106 valence electrons. The number of nitrogens with zero attached hydrogens (tertiary/aromatic N) is 1. The zero-order valence-electron chi connectivity index (χ0n) is 12.2. The Morgan fingerprint density at radius 3 is 2.74 bits per heavy atom. The van der Waals surface area contributed by atoms with E-state index in [1.54, 1.807) is 0 Å². The van der Waals surface area contributed by atoms with Crippen LogP contribution in [0.2, 0.25) is 0 Å². The van der Waals surface area contributed by atoms with Crippen molar-refractivity contribution < 1.29 is 0 Å². The largest absolute Gasteiger partial charge is 0.305 e. The van der Waals surface area contributed by atoms with Gasteiger partial charge < -0.3 is 5.32 Å². The molecule has 0 bridgehead atoms. The Labute approximate surface area is 121 Å². The molecule has 1 aromatic rings. The van der Waals surface area contributed by atoms with Gasteiger partial charge in [0.1, 0.15) is 5.01 Å². The van der Waals surface area contributed by atoms with Crippen molar-refractivity contribution in [2.45, 2.75) is 70.9 Å². The highest BCUT2D eigenvalue weighted by molar-refractivity contribution is 7.11. The molecule has 1 aromatic heterocycles. The number of hydrogen-bond acceptors (Lipinski definition) is 3. The first-order valence-electron chi connectivity index (χ1n) is 7.90. The molecule has 1 N–H and O–H groups in total. The molecule has 3 rings (SSSR count). The summed E-state index contributed by atoms with van der Waals surface area (Å²) in [5.74, 6) is 2.05. The molecule has 0 aromatic carbocycles. The van der Waals surface area contributed by atoms with E-state index in [1.165, 1.54) is 54.8 Å². The van der Waals surface area contributed by atoms with E-state index in [2.05, 4.69) is 24.1 Å². The summed E-state index contributed by atoms with van der Waals surface area (Å²) in [5, 5.41) is 5.08. The van der Waals surface area contributed by atoms with Crippen molar-refractivity contribution >= 4 is 11.3 Å². The van der Waals surface area contributed by atoms with Crippen LogP contribution in [0.4, 0.5) is 0 Å². The lowest BCUT2D eigenvalue weighted by atomic mass is 9.69. The van der Waals surface area contributed by atoms with Crippen molar-refractivity contribution in [3.63, 3.8) is 0 Å². The number of fused-ring (bicyclic) bond motifs is 1. The third-order valence-electron chi connectivity index (χ3n) is 5.03. The zero-order chi connectivity index (χ0) is 13.2. The maximum Gasteiger partial charge on any atom is 0.109 e. The number of aromatic nitrogens is 1. The van der Waals surface area contributed by atoms with E-state index < -0.39 is 0 Å². The third-order valence-corrected chi connectivity index (χ3v) is 6.13. The average molecular weight is 278 g/mol. The van der Waals surface area contributed by atoms with Crippen molar-refractivity contribution in [3.05, 3.63) is 16.1 Å². The fourth-order valence-electron chi connectivity index (χ4n) is 4.02. The molecule has 2 saturated carbocycles. The molecule has 0 amide bonds. The molecule has 0 radical (unpaired) electrons. The molecule has 1 heterocycles. The highest BCUT2D eigenvalue weighted by atomic mass is 32.1. The minimum Gasteiger partial charge on any atom is -0.305 e. The van der Waals surface area contributed by atoms with Gasteiger partial charge in [-0.05, 0) is 44.9 Å². The fraction of sp³-hybridized carbons (Fsp3) is 0.812. The lowest BCUT2D eigenvalue weighted by Crippen LogP contribution is -2.39. The van der Waals surface area contributed by atoms with Crippen LogP contribution in [0.3, 0.4) is 0 Å². The Morgan fingerprint density at radius 1 is 1.21 bits per heavy atom. The van der Waals surface area contributed by atoms with Crippen molar-refractivity contribution in [1.82, 2.24) is 10.3 Å². The molecule has 19 heavy (non-hydrogen) atoms. The van der Waals surface area contributed by atoms with E-state index in [4.69, 9.17) is 0 Å². The van der Waals surface area contributed by atoms with Crippen LogP contribution < -0.4 is 5.32 Å². The van der Waals surface area contributed by atoms with Crippen LogP contribution in [-0.2, 0) is 0 Å². The van der Waals surface area contributed by atoms with E-state index in [0.29, 0.717) is 6.04 Å². The van der Waals surface area contributed by atoms with Crippen LogP contribution in [-0.4, -0.2) is 11.0 Å². The van der Waals surface area contributed by atoms with Crippen LogP contribution in [0.15, 0.2) is 6.20 Å². The predicted octanol–water partition coefficient (Wildman–Crippen LogP) is 4.46. The van der Waals surface area contributed by atoms with Crippen LogP contribution >= 0.6 is 11.3 Å². The van der Waals surface area contributed by atoms with Crippen molar-refractivity contribution in [2.75, 3.05) is 0 Å². The summed E-state index contributed by atoms with van der Waals surface area (Å²) in [5.41, 5.74) is 0. The van der Waals surface area contributed by atoms with Gasteiger partial charge in [-0.25, -0.2) is 4.98 Å². The SMILES string of the molecule is Cc1cnc(C(C)NC2CCC3CCCCC3C2)s1. The second-order valence-electron chi connectivity index (χ2n) is 6.51. The molecule has 0 saturated heterocycles. The quantitative estimate of drug-likeness (QED) is 0.883. The van der Waals surface area contributed by atoms with Gasteiger partial charge in [0.2, 0.25) is 0 Å². The van der Waals surface area contributed by atoms with Gasteiger partial charge in [0, 0.05) is 17.1 Å². The second kappa shape index (κ2) is 5.92. The van der Waals surface area contributed by atoms with Gasteiger partial charge >= 0.3 is 0 Å². The maximum atomic E-state index is 4.52. The molecule has 0 spiro atoms. The Bertz CT molecular complexity index is 415. The highest BCUT2D eigenvalue weighted by Gasteiger charge is 2.32. The second-order valence-corrected chi connectivity index (χ2v) is 7.78. The van der Waals surface area contributed by atoms with Crippen molar-refractivity contribution in [3.8, 4) is 0 Å². The number of thiazole rings is 1. The van der Waals surface area contributed by atoms with Crippen LogP contribution in [0, 0.1) is 18.8 Å². The first-order chi connectivity index (χ1) is 9.22. The van der Waals surface area contributed by atoms with Gasteiger partial charge in [-0.15, -0.1) is 11.3 Å². The smallest absolute Gasteiger partial charge is 0.109 e. The summed E-state index contributed by atoms with van der Waals surface area (Å²) in [6, 6.07) is 1.14. The Morgan fingerprint density at radius 2 is 2.00 bits per heavy atom. The van der Waals surface area contributed by atoms with Crippen LogP contribution in [0.25, 0.3) is 0 Å². The first kappa shape index (κ1) is 13.6. The van der Waals surface area contributed by atoms with E-state index >= 15 is 0 Å². The van der Waals surface area contributed by atoms with E-state index in [1.807, 2.05) is 17.5 Å². The molecule has 4 unspecified atom stereocenters. The molecular formula is C16H26N2S. The minimum absolute atomic E-state index is 0.420. The van der Waals surface area contributed by atoms with Gasteiger partial charge in [0.15, 0.2) is 0 Å². The Balaban J connectivity index is 1.55. The summed E-state index contributed by atoms with van der Waals surface area (Å²) in [4.78, 5) is 5.84. The topological polar surface area (TPSA) is 24.9 Å². The standard InChI is InChI=1S/C16H26N2S/c1-11-10-17-16(19-11)12(2)18-15-8-7-13-5-3-4-6-14(13)9-15/h10,12-15,18H,3-9H2,1-2H3. The van der Waals surface area contributed by atoms with Gasteiger partial charge in [-0.2, -0.15) is 0 Å². The normalized spacial score (nSPS) is 32.8. The summed E-state index contributed by atoms with van der Waals surface area (Å²) in [7, 11) is 0. The number of hydrogen-bond donors (Lipinski definition) is 1. The van der Waals surface area contributed by atoms with Crippen molar-refractivity contribution in [1.29, 1.82) is 0 Å².